The Balaban J connectivity index is 1.97. The minimum Gasteiger partial charge on any atom is -0.481 e. The molecule has 1 aliphatic heterocycles. The number of aliphatic carboxylic acids is 1. The van der Waals surface area contributed by atoms with Crippen molar-refractivity contribution in [1.29, 1.82) is 0 Å². The fraction of sp³-hybridized carbons (Fsp3) is 0.500. The molecule has 28 heavy (non-hydrogen) atoms. The number of Topliss-reactive ketones (excluding diaryl/α,β-unsaturated/α-hetero) is 1. The number of carbonyl (C=O) groups excluding carboxylic acids is 1. The number of carboxylic acid groups (broad SMARTS) is 1. The van der Waals surface area contributed by atoms with Gasteiger partial charge in [0.2, 0.25) is 0 Å². The summed E-state index contributed by atoms with van der Waals surface area (Å²) in [5.41, 5.74) is 5.54. The molecule has 2 heterocycles. The van der Waals surface area contributed by atoms with Crippen LogP contribution in [0.1, 0.15) is 80.0 Å². The molecule has 2 aromatic rings. The van der Waals surface area contributed by atoms with Crippen LogP contribution < -0.4 is 0 Å². The standard InChI is InChI=1S/C24H31NO3/c1-2-3-4-8-13-20-24(21(26)15-9-16-22(27)28)23(18-11-6-5-7-12-18)19-14-10-17-25(19)20/h5-7,11-12H,2-4,8-10,13-17H2,1H3,(H,27,28). The van der Waals surface area contributed by atoms with Crippen molar-refractivity contribution in [3.05, 3.63) is 47.3 Å². The van der Waals surface area contributed by atoms with Gasteiger partial charge in [0.05, 0.1) is 0 Å². The lowest BCUT2D eigenvalue weighted by Crippen LogP contribution is -2.08. The summed E-state index contributed by atoms with van der Waals surface area (Å²) in [6, 6.07) is 10.2. The van der Waals surface area contributed by atoms with E-state index in [1.54, 1.807) is 0 Å². The summed E-state index contributed by atoms with van der Waals surface area (Å²) >= 11 is 0. The highest BCUT2D eigenvalue weighted by molar-refractivity contribution is 6.04. The van der Waals surface area contributed by atoms with Gasteiger partial charge in [0, 0.05) is 41.9 Å². The van der Waals surface area contributed by atoms with Gasteiger partial charge in [-0.25, -0.2) is 0 Å². The fourth-order valence-electron chi connectivity index (χ4n) is 4.38. The van der Waals surface area contributed by atoms with Crippen LogP contribution in [0.3, 0.4) is 0 Å². The monoisotopic (exact) mass is 381 g/mol. The van der Waals surface area contributed by atoms with Gasteiger partial charge in [0.1, 0.15) is 0 Å². The number of carbonyl (C=O) groups is 2. The Kier molecular flexibility index (Phi) is 7.07. The molecule has 1 aliphatic rings. The first-order chi connectivity index (χ1) is 13.6. The van der Waals surface area contributed by atoms with Crippen molar-refractivity contribution in [3.8, 4) is 11.1 Å². The molecule has 4 heteroatoms. The molecule has 3 rings (SSSR count). The molecular weight excluding hydrogens is 350 g/mol. The second-order valence-corrected chi connectivity index (χ2v) is 7.75. The highest BCUT2D eigenvalue weighted by Gasteiger charge is 2.29. The lowest BCUT2D eigenvalue weighted by atomic mass is 9.93. The normalized spacial score (nSPS) is 12.9. The Morgan fingerprint density at radius 3 is 2.54 bits per heavy atom. The minimum atomic E-state index is -0.838. The molecule has 1 aromatic heterocycles. The SMILES string of the molecule is CCCCCCc1c(C(=O)CCCC(=O)O)c(-c2ccccc2)c2n1CCC2. The Hall–Kier alpha value is -2.36. The summed E-state index contributed by atoms with van der Waals surface area (Å²) in [6.07, 6.45) is 8.52. The topological polar surface area (TPSA) is 59.3 Å². The second-order valence-electron chi connectivity index (χ2n) is 7.75. The first-order valence-corrected chi connectivity index (χ1v) is 10.7. The molecule has 0 saturated heterocycles. The summed E-state index contributed by atoms with van der Waals surface area (Å²) in [7, 11) is 0. The molecule has 0 aliphatic carbocycles. The summed E-state index contributed by atoms with van der Waals surface area (Å²) in [5, 5.41) is 8.93. The smallest absolute Gasteiger partial charge is 0.303 e. The maximum atomic E-state index is 13.2. The van der Waals surface area contributed by atoms with Crippen molar-refractivity contribution in [2.45, 2.75) is 77.7 Å². The van der Waals surface area contributed by atoms with E-state index in [-0.39, 0.29) is 12.2 Å². The van der Waals surface area contributed by atoms with Gasteiger partial charge in [-0.2, -0.15) is 0 Å². The van der Waals surface area contributed by atoms with Gasteiger partial charge in [-0.3, -0.25) is 9.59 Å². The molecule has 0 fully saturated rings. The Morgan fingerprint density at radius 2 is 1.82 bits per heavy atom. The van der Waals surface area contributed by atoms with Crippen molar-refractivity contribution < 1.29 is 14.7 Å². The van der Waals surface area contributed by atoms with Crippen LogP contribution >= 0.6 is 0 Å². The quantitative estimate of drug-likeness (QED) is 0.403. The Morgan fingerprint density at radius 1 is 1.04 bits per heavy atom. The number of rotatable bonds is 11. The van der Waals surface area contributed by atoms with Gasteiger partial charge in [0.15, 0.2) is 5.78 Å². The van der Waals surface area contributed by atoms with Crippen LogP contribution in [0.25, 0.3) is 11.1 Å². The number of fused-ring (bicyclic) bond motifs is 1. The third-order valence-corrected chi connectivity index (χ3v) is 5.68. The fourth-order valence-corrected chi connectivity index (χ4v) is 4.38. The molecule has 1 aromatic carbocycles. The number of unbranched alkanes of at least 4 members (excludes halogenated alkanes) is 3. The highest BCUT2D eigenvalue weighted by atomic mass is 16.4. The molecule has 1 N–H and O–H groups in total. The van der Waals surface area contributed by atoms with Gasteiger partial charge >= 0.3 is 5.97 Å². The first-order valence-electron chi connectivity index (χ1n) is 10.7. The van der Waals surface area contributed by atoms with Crippen LogP contribution in [-0.4, -0.2) is 21.4 Å². The molecule has 0 atom stereocenters. The molecule has 0 unspecified atom stereocenters. The number of aromatic nitrogens is 1. The van der Waals surface area contributed by atoms with Crippen LogP contribution in [0.15, 0.2) is 30.3 Å². The predicted molar refractivity (Wildman–Crippen MR) is 112 cm³/mol. The van der Waals surface area contributed by atoms with Crippen molar-refractivity contribution in [2.24, 2.45) is 0 Å². The molecule has 150 valence electrons. The van der Waals surface area contributed by atoms with E-state index in [1.165, 1.54) is 30.7 Å². The van der Waals surface area contributed by atoms with Gasteiger partial charge in [0.25, 0.3) is 0 Å². The van der Waals surface area contributed by atoms with Crippen LogP contribution in [-0.2, 0) is 24.2 Å². The largest absolute Gasteiger partial charge is 0.481 e. The first kappa shape index (κ1) is 20.4. The molecular formula is C24H31NO3. The molecule has 4 nitrogen and oxygen atoms in total. The lowest BCUT2D eigenvalue weighted by Gasteiger charge is -2.10. The van der Waals surface area contributed by atoms with Crippen LogP contribution in [0.2, 0.25) is 0 Å². The van der Waals surface area contributed by atoms with E-state index in [9.17, 15) is 9.59 Å². The number of ketones is 1. The zero-order valence-corrected chi connectivity index (χ0v) is 16.9. The van der Waals surface area contributed by atoms with Crippen LogP contribution in [0.4, 0.5) is 0 Å². The van der Waals surface area contributed by atoms with E-state index < -0.39 is 5.97 Å². The van der Waals surface area contributed by atoms with E-state index in [4.69, 9.17) is 5.11 Å². The molecule has 0 radical (unpaired) electrons. The van der Waals surface area contributed by atoms with E-state index in [0.717, 1.165) is 48.9 Å². The highest BCUT2D eigenvalue weighted by Crippen LogP contribution is 2.38. The predicted octanol–water partition coefficient (Wildman–Crippen LogP) is 5.66. The van der Waals surface area contributed by atoms with Crippen molar-refractivity contribution in [3.63, 3.8) is 0 Å². The maximum Gasteiger partial charge on any atom is 0.303 e. The van der Waals surface area contributed by atoms with Crippen molar-refractivity contribution >= 4 is 11.8 Å². The van der Waals surface area contributed by atoms with Crippen molar-refractivity contribution in [1.82, 2.24) is 4.57 Å². The maximum absolute atomic E-state index is 13.2. The van der Waals surface area contributed by atoms with Crippen LogP contribution in [0, 0.1) is 0 Å². The van der Waals surface area contributed by atoms with Crippen molar-refractivity contribution in [2.75, 3.05) is 0 Å². The van der Waals surface area contributed by atoms with Gasteiger partial charge in [-0.15, -0.1) is 0 Å². The number of hydrogen-bond acceptors (Lipinski definition) is 2. The summed E-state index contributed by atoms with van der Waals surface area (Å²) in [4.78, 5) is 24.1. The molecule has 0 saturated carbocycles. The van der Waals surface area contributed by atoms with Gasteiger partial charge < -0.3 is 9.67 Å². The average Bonchev–Trinajstić information content (AvgIpc) is 3.26. The molecule has 0 amide bonds. The van der Waals surface area contributed by atoms with Crippen LogP contribution in [0.5, 0.6) is 0 Å². The third kappa shape index (κ3) is 4.54. The minimum absolute atomic E-state index is 0.0474. The number of hydrogen-bond donors (Lipinski definition) is 1. The van der Waals surface area contributed by atoms with Gasteiger partial charge in [-0.1, -0.05) is 56.5 Å². The zero-order chi connectivity index (χ0) is 19.9. The number of nitrogens with zero attached hydrogens (tertiary/aromatic N) is 1. The summed E-state index contributed by atoms with van der Waals surface area (Å²) in [6.45, 7) is 3.20. The van der Waals surface area contributed by atoms with E-state index in [2.05, 4.69) is 23.6 Å². The van der Waals surface area contributed by atoms with E-state index in [1.807, 2.05) is 18.2 Å². The Labute approximate surface area is 167 Å². The molecule has 0 bridgehead atoms. The van der Waals surface area contributed by atoms with Gasteiger partial charge in [-0.05, 0) is 37.7 Å². The van der Waals surface area contributed by atoms with E-state index >= 15 is 0 Å². The average molecular weight is 382 g/mol. The number of carboxylic acids is 1. The summed E-state index contributed by atoms with van der Waals surface area (Å²) in [5.74, 6) is -0.734. The lowest BCUT2D eigenvalue weighted by molar-refractivity contribution is -0.137. The molecule has 0 spiro atoms. The second kappa shape index (κ2) is 9.72. The Bertz CT molecular complexity index is 820. The summed E-state index contributed by atoms with van der Waals surface area (Å²) < 4.78 is 2.39. The zero-order valence-electron chi connectivity index (χ0n) is 16.9. The van der Waals surface area contributed by atoms with E-state index in [0.29, 0.717) is 12.8 Å². The third-order valence-electron chi connectivity index (χ3n) is 5.68. The number of benzene rings is 1.